The first kappa shape index (κ1) is 19.1. The van der Waals surface area contributed by atoms with Crippen LogP contribution in [0.5, 0.6) is 5.75 Å². The average Bonchev–Trinajstić information content (AvgIpc) is 2.98. The van der Waals surface area contributed by atoms with E-state index in [9.17, 15) is 0 Å². The number of rotatable bonds is 5. The third-order valence-electron chi connectivity index (χ3n) is 3.92. The fourth-order valence-corrected chi connectivity index (χ4v) is 2.79. The van der Waals surface area contributed by atoms with Gasteiger partial charge in [0.1, 0.15) is 5.75 Å². The van der Waals surface area contributed by atoms with Crippen molar-refractivity contribution in [3.05, 3.63) is 29.3 Å². The van der Waals surface area contributed by atoms with Gasteiger partial charge in [-0.3, -0.25) is 0 Å². The summed E-state index contributed by atoms with van der Waals surface area (Å²) in [5, 5.41) is 6.87. The highest BCUT2D eigenvalue weighted by atomic mass is 127. The maximum Gasteiger partial charge on any atom is 0.191 e. The highest BCUT2D eigenvalue weighted by Crippen LogP contribution is 2.19. The molecule has 1 aliphatic rings. The summed E-state index contributed by atoms with van der Waals surface area (Å²) in [7, 11) is 1.70. The number of halogens is 1. The van der Waals surface area contributed by atoms with Crippen molar-refractivity contribution in [2.45, 2.75) is 52.1 Å². The van der Waals surface area contributed by atoms with E-state index in [2.05, 4.69) is 36.6 Å². The second kappa shape index (κ2) is 9.92. The summed E-state index contributed by atoms with van der Waals surface area (Å²) >= 11 is 0. The summed E-state index contributed by atoms with van der Waals surface area (Å²) in [6.45, 7) is 5.74. The van der Waals surface area contributed by atoms with Crippen LogP contribution in [-0.4, -0.2) is 25.7 Å². The molecule has 0 amide bonds. The van der Waals surface area contributed by atoms with Crippen LogP contribution in [0.3, 0.4) is 0 Å². The fourth-order valence-electron chi connectivity index (χ4n) is 2.79. The molecule has 1 fully saturated rings. The van der Waals surface area contributed by atoms with Crippen LogP contribution >= 0.6 is 24.0 Å². The molecule has 0 aliphatic heterocycles. The number of hydrogen-bond acceptors (Lipinski definition) is 2. The van der Waals surface area contributed by atoms with E-state index in [0.29, 0.717) is 12.6 Å². The third kappa shape index (κ3) is 5.66. The van der Waals surface area contributed by atoms with Gasteiger partial charge in [-0.15, -0.1) is 24.0 Å². The molecular weight excluding hydrogens is 389 g/mol. The van der Waals surface area contributed by atoms with Crippen molar-refractivity contribution in [2.24, 2.45) is 4.99 Å². The van der Waals surface area contributed by atoms with Crippen molar-refractivity contribution in [3.63, 3.8) is 0 Å². The Morgan fingerprint density at radius 2 is 2.05 bits per heavy atom. The Hall–Kier alpha value is -0.980. The van der Waals surface area contributed by atoms with Gasteiger partial charge in [-0.25, -0.2) is 4.99 Å². The van der Waals surface area contributed by atoms with E-state index in [4.69, 9.17) is 9.73 Å². The molecule has 1 aromatic rings. The lowest BCUT2D eigenvalue weighted by Crippen LogP contribution is -2.42. The molecule has 2 N–H and O–H groups in total. The molecule has 1 aromatic carbocycles. The first-order chi connectivity index (χ1) is 10.2. The van der Waals surface area contributed by atoms with Crippen LogP contribution in [0.4, 0.5) is 0 Å². The van der Waals surface area contributed by atoms with Crippen LogP contribution < -0.4 is 15.4 Å². The molecule has 0 saturated heterocycles. The van der Waals surface area contributed by atoms with Crippen LogP contribution in [0, 0.1) is 6.92 Å². The lowest BCUT2D eigenvalue weighted by molar-refractivity contribution is 0.411. The number of nitrogens with zero attached hydrogens (tertiary/aromatic N) is 1. The molecule has 0 radical (unpaired) electrons. The molecule has 22 heavy (non-hydrogen) atoms. The topological polar surface area (TPSA) is 45.7 Å². The van der Waals surface area contributed by atoms with Crippen molar-refractivity contribution < 1.29 is 4.74 Å². The monoisotopic (exact) mass is 417 g/mol. The minimum atomic E-state index is 0. The number of nitrogens with one attached hydrogen (secondary N) is 2. The highest BCUT2D eigenvalue weighted by molar-refractivity contribution is 14.0. The van der Waals surface area contributed by atoms with Crippen LogP contribution in [0.1, 0.15) is 43.7 Å². The molecule has 0 spiro atoms. The molecule has 4 nitrogen and oxygen atoms in total. The van der Waals surface area contributed by atoms with E-state index < -0.39 is 0 Å². The number of aryl methyl sites for hydroxylation is 1. The normalized spacial score (nSPS) is 15.3. The zero-order chi connectivity index (χ0) is 15.1. The quantitative estimate of drug-likeness (QED) is 0.437. The van der Waals surface area contributed by atoms with Crippen molar-refractivity contribution in [1.82, 2.24) is 10.6 Å². The van der Waals surface area contributed by atoms with Gasteiger partial charge < -0.3 is 15.4 Å². The zero-order valence-corrected chi connectivity index (χ0v) is 16.1. The number of methoxy groups -OCH3 is 1. The number of benzene rings is 1. The molecule has 0 atom stereocenters. The molecule has 1 saturated carbocycles. The minimum absolute atomic E-state index is 0. The summed E-state index contributed by atoms with van der Waals surface area (Å²) in [4.78, 5) is 4.70. The lowest BCUT2D eigenvalue weighted by Gasteiger charge is -2.16. The molecule has 0 aromatic heterocycles. The molecule has 2 rings (SSSR count). The average molecular weight is 417 g/mol. The van der Waals surface area contributed by atoms with E-state index in [1.165, 1.54) is 31.2 Å². The largest absolute Gasteiger partial charge is 0.496 e. The molecule has 5 heteroatoms. The maximum atomic E-state index is 5.29. The number of ether oxygens (including phenoxy) is 1. The van der Waals surface area contributed by atoms with Crippen LogP contribution in [0.2, 0.25) is 0 Å². The SMILES string of the molecule is CCNC(=NCc1ccc(OC)c(C)c1)NC1CCCC1.I. The molecule has 1 aliphatic carbocycles. The summed E-state index contributed by atoms with van der Waals surface area (Å²) < 4.78 is 5.29. The van der Waals surface area contributed by atoms with Crippen LogP contribution in [-0.2, 0) is 6.54 Å². The Balaban J connectivity index is 0.00000242. The Morgan fingerprint density at radius 3 is 2.64 bits per heavy atom. The second-order valence-corrected chi connectivity index (χ2v) is 5.62. The third-order valence-corrected chi connectivity index (χ3v) is 3.92. The first-order valence-electron chi connectivity index (χ1n) is 7.91. The number of aliphatic imine (C=N–C) groups is 1. The fraction of sp³-hybridized carbons (Fsp3) is 0.588. The molecule has 0 heterocycles. The van der Waals surface area contributed by atoms with Crippen LogP contribution in [0.25, 0.3) is 0 Å². The molecule has 124 valence electrons. The summed E-state index contributed by atoms with van der Waals surface area (Å²) in [6, 6.07) is 6.81. The van der Waals surface area contributed by atoms with E-state index >= 15 is 0 Å². The predicted molar refractivity (Wildman–Crippen MR) is 103 cm³/mol. The van der Waals surface area contributed by atoms with Gasteiger partial charge in [0.15, 0.2) is 5.96 Å². The summed E-state index contributed by atoms with van der Waals surface area (Å²) in [5.41, 5.74) is 2.36. The van der Waals surface area contributed by atoms with E-state index in [1.54, 1.807) is 7.11 Å². The standard InChI is InChI=1S/C17H27N3O.HI/c1-4-18-17(20-15-7-5-6-8-15)19-12-14-9-10-16(21-3)13(2)11-14;/h9-11,15H,4-8,12H2,1-3H3,(H2,18,19,20);1H. The van der Waals surface area contributed by atoms with E-state index in [-0.39, 0.29) is 24.0 Å². The summed E-state index contributed by atoms with van der Waals surface area (Å²) in [6.07, 6.45) is 5.17. The Kier molecular flexibility index (Phi) is 8.60. The summed E-state index contributed by atoms with van der Waals surface area (Å²) in [5.74, 6) is 1.86. The van der Waals surface area contributed by atoms with Crippen molar-refractivity contribution >= 4 is 29.9 Å². The molecule has 0 bridgehead atoms. The van der Waals surface area contributed by atoms with Crippen molar-refractivity contribution in [1.29, 1.82) is 0 Å². The maximum absolute atomic E-state index is 5.29. The smallest absolute Gasteiger partial charge is 0.191 e. The number of guanidine groups is 1. The van der Waals surface area contributed by atoms with Gasteiger partial charge in [0, 0.05) is 12.6 Å². The Bertz CT molecular complexity index is 485. The van der Waals surface area contributed by atoms with Gasteiger partial charge in [-0.1, -0.05) is 25.0 Å². The minimum Gasteiger partial charge on any atom is -0.496 e. The van der Waals surface area contributed by atoms with Gasteiger partial charge in [0.25, 0.3) is 0 Å². The zero-order valence-electron chi connectivity index (χ0n) is 13.8. The molecule has 0 unspecified atom stereocenters. The van der Waals surface area contributed by atoms with E-state index in [1.807, 2.05) is 6.07 Å². The van der Waals surface area contributed by atoms with E-state index in [0.717, 1.165) is 23.8 Å². The van der Waals surface area contributed by atoms with Gasteiger partial charge in [0.2, 0.25) is 0 Å². The van der Waals surface area contributed by atoms with Gasteiger partial charge >= 0.3 is 0 Å². The second-order valence-electron chi connectivity index (χ2n) is 5.62. The first-order valence-corrected chi connectivity index (χ1v) is 7.91. The van der Waals surface area contributed by atoms with Gasteiger partial charge in [0.05, 0.1) is 13.7 Å². The predicted octanol–water partition coefficient (Wildman–Crippen LogP) is 3.62. The van der Waals surface area contributed by atoms with Gasteiger partial charge in [-0.05, 0) is 43.9 Å². The van der Waals surface area contributed by atoms with Crippen LogP contribution in [0.15, 0.2) is 23.2 Å². The lowest BCUT2D eigenvalue weighted by atomic mass is 10.1. The van der Waals surface area contributed by atoms with Crippen molar-refractivity contribution in [3.8, 4) is 5.75 Å². The Labute approximate surface area is 151 Å². The van der Waals surface area contributed by atoms with Crippen molar-refractivity contribution in [2.75, 3.05) is 13.7 Å². The highest BCUT2D eigenvalue weighted by Gasteiger charge is 2.15. The van der Waals surface area contributed by atoms with Gasteiger partial charge in [-0.2, -0.15) is 0 Å². The number of hydrogen-bond donors (Lipinski definition) is 2. The molecular formula is C17H28IN3O. The Morgan fingerprint density at radius 1 is 1.32 bits per heavy atom.